The fraction of sp³-hybridized carbons (Fsp3) is 0.357. The van der Waals surface area contributed by atoms with Crippen LogP contribution in [0, 0.1) is 0 Å². The van der Waals surface area contributed by atoms with Gasteiger partial charge in [0.2, 0.25) is 0 Å². The maximum atomic E-state index is 12.1. The molecule has 2 N–H and O–H groups in total. The summed E-state index contributed by atoms with van der Waals surface area (Å²) in [6.07, 6.45) is 2.11. The molecule has 10 heteroatoms. The van der Waals surface area contributed by atoms with Gasteiger partial charge in [0.15, 0.2) is 6.10 Å². The van der Waals surface area contributed by atoms with Crippen LogP contribution in [0.25, 0.3) is 21.0 Å². The summed E-state index contributed by atoms with van der Waals surface area (Å²) in [5.41, 5.74) is 0.790. The number of likely N-dealkylation sites (tertiary alicyclic amines) is 1. The predicted molar refractivity (Wildman–Crippen MR) is 141 cm³/mol. The molecule has 0 aliphatic carbocycles. The van der Waals surface area contributed by atoms with Crippen molar-refractivity contribution in [1.29, 1.82) is 0 Å². The van der Waals surface area contributed by atoms with Crippen molar-refractivity contribution in [2.75, 3.05) is 20.2 Å². The minimum Gasteiger partial charge on any atom is -0.497 e. The number of thiophene rings is 1. The lowest BCUT2D eigenvalue weighted by atomic mass is 9.90. The number of hydrogen-bond acceptors (Lipinski definition) is 9. The van der Waals surface area contributed by atoms with E-state index >= 15 is 0 Å². The first kappa shape index (κ1) is 24.7. The van der Waals surface area contributed by atoms with Gasteiger partial charge in [0.05, 0.1) is 7.11 Å². The number of cyclic esters (lactones) is 2. The first-order valence-electron chi connectivity index (χ1n) is 12.6. The Hall–Kier alpha value is -3.60. The summed E-state index contributed by atoms with van der Waals surface area (Å²) in [7, 11) is 1.67. The molecule has 3 atom stereocenters. The van der Waals surface area contributed by atoms with Gasteiger partial charge in [0.25, 0.3) is 0 Å². The molecule has 4 heterocycles. The number of methoxy groups -OCH3 is 1. The van der Waals surface area contributed by atoms with Crippen LogP contribution in [0.15, 0.2) is 54.7 Å². The largest absolute Gasteiger partial charge is 0.497 e. The molecule has 0 unspecified atom stereocenters. The van der Waals surface area contributed by atoms with Crippen LogP contribution < -0.4 is 9.47 Å². The number of hydrogen-bond donors (Lipinski definition) is 2. The minimum atomic E-state index is -2.26. The summed E-state index contributed by atoms with van der Waals surface area (Å²) in [5, 5.41) is 13.2. The van der Waals surface area contributed by atoms with Crippen LogP contribution in [-0.2, 0) is 19.1 Å². The van der Waals surface area contributed by atoms with E-state index in [-0.39, 0.29) is 12.6 Å². The number of nitrogens with zero attached hydrogens (tertiary/aromatic N) is 1. The second-order valence-corrected chi connectivity index (χ2v) is 10.9. The van der Waals surface area contributed by atoms with E-state index in [2.05, 4.69) is 35.0 Å². The van der Waals surface area contributed by atoms with E-state index in [1.165, 1.54) is 15.0 Å². The quantitative estimate of drug-likeness (QED) is 0.268. The first-order chi connectivity index (χ1) is 18.3. The zero-order valence-corrected chi connectivity index (χ0v) is 21.8. The van der Waals surface area contributed by atoms with Crippen LogP contribution in [0.4, 0.5) is 0 Å². The standard InChI is InChI=1S/C28H28N2O7S/c1-16-12-18(23-13-17-6-7-19(34-2)14-24(17)38-23)9-11-30(16)15-25(31)28(36-26(32)27(33)37-28)35-22-5-3-4-21-20(22)8-10-29-21/h3-8,10,13-14,16,18,25,29,31H,9,11-12,15H2,1-2H3/t16-,18-,25-/m0/s1. The summed E-state index contributed by atoms with van der Waals surface area (Å²) in [6.45, 7) is 2.92. The molecule has 2 aliphatic heterocycles. The number of carbonyl (C=O) groups excluding carboxylic acids is 2. The molecular formula is C28H28N2O7S. The third-order valence-corrected chi connectivity index (χ3v) is 8.68. The van der Waals surface area contributed by atoms with Crippen molar-refractivity contribution >= 4 is 44.3 Å². The highest BCUT2D eigenvalue weighted by molar-refractivity contribution is 7.19. The number of ether oxygens (including phenoxy) is 4. The Kier molecular flexibility index (Phi) is 6.25. The first-order valence-corrected chi connectivity index (χ1v) is 13.4. The van der Waals surface area contributed by atoms with E-state index in [0.717, 1.165) is 24.1 Å². The molecule has 2 aromatic carbocycles. The molecule has 2 saturated heterocycles. The Morgan fingerprint density at radius 1 is 1.18 bits per heavy atom. The number of aliphatic hydroxyl groups excluding tert-OH is 1. The Balaban J connectivity index is 1.18. The zero-order chi connectivity index (χ0) is 26.4. The number of aromatic nitrogens is 1. The minimum absolute atomic E-state index is 0.0984. The van der Waals surface area contributed by atoms with Crippen molar-refractivity contribution in [2.24, 2.45) is 0 Å². The Labute approximate surface area is 222 Å². The summed E-state index contributed by atoms with van der Waals surface area (Å²) in [4.78, 5) is 30.6. The van der Waals surface area contributed by atoms with Crippen molar-refractivity contribution < 1.29 is 33.6 Å². The zero-order valence-electron chi connectivity index (χ0n) is 21.0. The molecular weight excluding hydrogens is 508 g/mol. The number of piperidine rings is 1. The third kappa shape index (κ3) is 4.38. The van der Waals surface area contributed by atoms with E-state index in [1.807, 2.05) is 12.1 Å². The fourth-order valence-electron chi connectivity index (χ4n) is 5.35. The maximum Gasteiger partial charge on any atom is 0.451 e. The van der Waals surface area contributed by atoms with Crippen molar-refractivity contribution in [3.8, 4) is 11.5 Å². The summed E-state index contributed by atoms with van der Waals surface area (Å²) in [6, 6.07) is 15.6. The molecule has 0 saturated carbocycles. The molecule has 2 aliphatic rings. The number of carbonyl (C=O) groups is 2. The molecule has 0 bridgehead atoms. The number of benzene rings is 2. The van der Waals surface area contributed by atoms with Crippen molar-refractivity contribution in [1.82, 2.24) is 9.88 Å². The SMILES string of the molecule is COc1ccc2cc([C@H]3CCN(C[C@H](O)C4(Oc5cccc6[nH]ccc56)OC(=O)C(=O)O4)[C@@H](C)C3)sc2c1. The van der Waals surface area contributed by atoms with Crippen LogP contribution in [-0.4, -0.2) is 65.2 Å². The average molecular weight is 537 g/mol. The Bertz CT molecular complexity index is 1500. The highest BCUT2D eigenvalue weighted by Crippen LogP contribution is 2.40. The molecule has 2 fully saturated rings. The van der Waals surface area contributed by atoms with Gasteiger partial charge >= 0.3 is 17.9 Å². The molecule has 9 nitrogen and oxygen atoms in total. The van der Waals surface area contributed by atoms with E-state index < -0.39 is 24.0 Å². The number of aliphatic hydroxyl groups is 1. The average Bonchev–Trinajstić information content (AvgIpc) is 3.63. The predicted octanol–water partition coefficient (Wildman–Crippen LogP) is 4.15. The highest BCUT2D eigenvalue weighted by Gasteiger charge is 2.58. The molecule has 6 rings (SSSR count). The summed E-state index contributed by atoms with van der Waals surface area (Å²) < 4.78 is 23.0. The molecule has 0 radical (unpaired) electrons. The second-order valence-electron chi connectivity index (χ2n) is 9.81. The molecule has 2 aromatic heterocycles. The van der Waals surface area contributed by atoms with E-state index in [0.29, 0.717) is 23.6 Å². The van der Waals surface area contributed by atoms with Gasteiger partial charge in [-0.3, -0.25) is 4.90 Å². The van der Waals surface area contributed by atoms with Crippen molar-refractivity contribution in [3.63, 3.8) is 0 Å². The van der Waals surface area contributed by atoms with Gasteiger partial charge in [-0.05, 0) is 80.1 Å². The topological polar surface area (TPSA) is 110 Å². The molecule has 0 spiro atoms. The van der Waals surface area contributed by atoms with Crippen LogP contribution in [0.5, 0.6) is 11.5 Å². The maximum absolute atomic E-state index is 12.1. The van der Waals surface area contributed by atoms with Crippen LogP contribution in [0.2, 0.25) is 0 Å². The molecule has 4 aromatic rings. The Morgan fingerprint density at radius 2 is 2.00 bits per heavy atom. The number of aromatic amines is 1. The van der Waals surface area contributed by atoms with E-state index in [9.17, 15) is 14.7 Å². The lowest BCUT2D eigenvalue weighted by Crippen LogP contribution is -2.56. The number of β-amino-alcohol motifs (C(OH)–C–C–N with tert-alkyl or cyclic N) is 1. The van der Waals surface area contributed by atoms with Gasteiger partial charge in [-0.15, -0.1) is 11.3 Å². The van der Waals surface area contributed by atoms with E-state index in [1.54, 1.807) is 42.8 Å². The number of fused-ring (bicyclic) bond motifs is 2. The Morgan fingerprint density at radius 3 is 2.76 bits per heavy atom. The van der Waals surface area contributed by atoms with Crippen LogP contribution in [0.1, 0.15) is 30.6 Å². The number of rotatable bonds is 7. The van der Waals surface area contributed by atoms with Crippen LogP contribution in [0.3, 0.4) is 0 Å². The monoisotopic (exact) mass is 536 g/mol. The number of esters is 2. The van der Waals surface area contributed by atoms with Gasteiger partial charge in [0, 0.05) is 39.3 Å². The lowest BCUT2D eigenvalue weighted by Gasteiger charge is -2.40. The summed E-state index contributed by atoms with van der Waals surface area (Å²) >= 11 is 1.79. The van der Waals surface area contributed by atoms with E-state index in [4.69, 9.17) is 18.9 Å². The fourth-order valence-corrected chi connectivity index (χ4v) is 6.59. The van der Waals surface area contributed by atoms with Gasteiger partial charge in [0.1, 0.15) is 11.5 Å². The van der Waals surface area contributed by atoms with Gasteiger partial charge in [-0.1, -0.05) is 6.07 Å². The second kappa shape index (κ2) is 9.61. The molecule has 198 valence electrons. The molecule has 0 amide bonds. The number of nitrogens with one attached hydrogen (secondary N) is 1. The van der Waals surface area contributed by atoms with Crippen LogP contribution >= 0.6 is 11.3 Å². The van der Waals surface area contributed by atoms with Gasteiger partial charge in [-0.25, -0.2) is 9.59 Å². The van der Waals surface area contributed by atoms with Gasteiger partial charge in [-0.2, -0.15) is 0 Å². The van der Waals surface area contributed by atoms with Gasteiger partial charge < -0.3 is 29.0 Å². The summed E-state index contributed by atoms with van der Waals surface area (Å²) in [5.74, 6) is -3.10. The normalized spacial score (nSPS) is 22.4. The van der Waals surface area contributed by atoms with Crippen molar-refractivity contribution in [2.45, 2.75) is 43.8 Å². The lowest BCUT2D eigenvalue weighted by molar-refractivity contribution is -0.319. The number of H-pyrrole nitrogens is 1. The highest BCUT2D eigenvalue weighted by atomic mass is 32.1. The smallest absolute Gasteiger partial charge is 0.451 e. The third-order valence-electron chi connectivity index (χ3n) is 7.42. The van der Waals surface area contributed by atoms with Crippen molar-refractivity contribution in [3.05, 3.63) is 59.6 Å². The molecule has 38 heavy (non-hydrogen) atoms.